The molecule has 1 saturated heterocycles. The monoisotopic (exact) mass is 620 g/mol. The Hall–Kier alpha value is -4.11. The summed E-state index contributed by atoms with van der Waals surface area (Å²) in [5.41, 5.74) is 2.95. The lowest BCUT2D eigenvalue weighted by atomic mass is 9.99. The molecular formula is C32H33BrN2O6. The summed E-state index contributed by atoms with van der Waals surface area (Å²) in [5.74, 6) is 0.682. The van der Waals surface area contributed by atoms with Crippen molar-refractivity contribution in [2.24, 2.45) is 0 Å². The Morgan fingerprint density at radius 1 is 0.927 bits per heavy atom. The summed E-state index contributed by atoms with van der Waals surface area (Å²) in [5, 5.41) is 2.25. The molecule has 3 aromatic rings. The normalized spacial score (nSPS) is 15.1. The van der Waals surface area contributed by atoms with Gasteiger partial charge in [-0.1, -0.05) is 43.7 Å². The molecule has 41 heavy (non-hydrogen) atoms. The van der Waals surface area contributed by atoms with E-state index in [4.69, 9.17) is 14.2 Å². The Morgan fingerprint density at radius 3 is 2.27 bits per heavy atom. The fraction of sp³-hybridized carbons (Fsp3) is 0.281. The fourth-order valence-electron chi connectivity index (χ4n) is 4.26. The van der Waals surface area contributed by atoms with Crippen LogP contribution in [-0.4, -0.2) is 37.7 Å². The van der Waals surface area contributed by atoms with E-state index in [0.29, 0.717) is 46.4 Å². The molecule has 0 saturated carbocycles. The maximum atomic E-state index is 13.3. The number of hydrogen-bond donors (Lipinski definition) is 1. The van der Waals surface area contributed by atoms with E-state index in [9.17, 15) is 14.4 Å². The number of barbiturate groups is 1. The zero-order chi connectivity index (χ0) is 29.5. The summed E-state index contributed by atoms with van der Waals surface area (Å²) < 4.78 is 18.2. The summed E-state index contributed by atoms with van der Waals surface area (Å²) in [6.07, 6.45) is 2.50. The summed E-state index contributed by atoms with van der Waals surface area (Å²) in [6.45, 7) is 9.07. The van der Waals surface area contributed by atoms with Gasteiger partial charge in [0.2, 0.25) is 0 Å². The van der Waals surface area contributed by atoms with E-state index in [1.54, 1.807) is 36.4 Å². The number of urea groups is 1. The first-order valence-corrected chi connectivity index (χ1v) is 14.3. The molecule has 1 N–H and O–H groups in total. The van der Waals surface area contributed by atoms with Gasteiger partial charge < -0.3 is 14.2 Å². The molecule has 1 fully saturated rings. The fourth-order valence-corrected chi connectivity index (χ4v) is 4.83. The molecule has 0 radical (unpaired) electrons. The molecule has 4 rings (SSSR count). The van der Waals surface area contributed by atoms with Gasteiger partial charge in [-0.3, -0.25) is 14.9 Å². The van der Waals surface area contributed by atoms with Crippen molar-refractivity contribution < 1.29 is 28.6 Å². The molecule has 1 aliphatic rings. The molecule has 0 unspecified atom stereocenters. The van der Waals surface area contributed by atoms with Crippen molar-refractivity contribution in [1.82, 2.24) is 5.32 Å². The van der Waals surface area contributed by atoms with E-state index < -0.39 is 17.8 Å². The number of nitrogens with one attached hydrogen (secondary N) is 1. The second-order valence-corrected chi connectivity index (χ2v) is 10.5. The third-order valence-corrected chi connectivity index (χ3v) is 7.29. The summed E-state index contributed by atoms with van der Waals surface area (Å²) >= 11 is 3.53. The van der Waals surface area contributed by atoms with Gasteiger partial charge in [0.1, 0.15) is 24.5 Å². The van der Waals surface area contributed by atoms with Crippen LogP contribution >= 0.6 is 15.9 Å². The molecule has 0 aliphatic carbocycles. The molecule has 1 atom stereocenters. The van der Waals surface area contributed by atoms with Gasteiger partial charge in [0, 0.05) is 0 Å². The number of hydrogen-bond acceptors (Lipinski definition) is 6. The predicted molar refractivity (Wildman–Crippen MR) is 162 cm³/mol. The van der Waals surface area contributed by atoms with E-state index in [1.165, 1.54) is 11.6 Å². The number of ether oxygens (including phenoxy) is 3. The second-order valence-electron chi connectivity index (χ2n) is 9.63. The van der Waals surface area contributed by atoms with Crippen LogP contribution in [0.2, 0.25) is 0 Å². The molecule has 0 bridgehead atoms. The van der Waals surface area contributed by atoms with Crippen molar-refractivity contribution in [3.63, 3.8) is 0 Å². The molecular weight excluding hydrogens is 588 g/mol. The molecule has 1 heterocycles. The van der Waals surface area contributed by atoms with Crippen LogP contribution in [0.3, 0.4) is 0 Å². The molecule has 214 valence electrons. The van der Waals surface area contributed by atoms with E-state index >= 15 is 0 Å². The van der Waals surface area contributed by atoms with Crippen LogP contribution in [0.5, 0.6) is 17.2 Å². The number of carbonyl (C=O) groups is 3. The van der Waals surface area contributed by atoms with E-state index in [1.807, 2.05) is 26.0 Å². The third-order valence-electron chi connectivity index (χ3n) is 6.70. The van der Waals surface area contributed by atoms with E-state index in [0.717, 1.165) is 22.6 Å². The Bertz CT molecular complexity index is 1450. The molecule has 9 heteroatoms. The minimum atomic E-state index is -0.797. The maximum Gasteiger partial charge on any atom is 0.335 e. The van der Waals surface area contributed by atoms with Crippen LogP contribution in [-0.2, 0) is 9.59 Å². The SMILES string of the molecule is CCOc1cc(/C=C2/C(=O)NC(=O)N(c3ccc(C)cc3)C2=O)cc(Br)c1OCCOc1ccc([C@@H](C)CC)cc1. The highest BCUT2D eigenvalue weighted by atomic mass is 79.9. The van der Waals surface area contributed by atoms with Crippen molar-refractivity contribution in [2.75, 3.05) is 24.7 Å². The van der Waals surface area contributed by atoms with Gasteiger partial charge in [-0.05, 0) is 95.7 Å². The first kappa shape index (κ1) is 29.9. The van der Waals surface area contributed by atoms with E-state index in [-0.39, 0.29) is 12.2 Å². The number of aryl methyl sites for hydroxylation is 1. The van der Waals surface area contributed by atoms with Crippen molar-refractivity contribution >= 4 is 45.5 Å². The molecule has 1 aliphatic heterocycles. The average Bonchev–Trinajstić information content (AvgIpc) is 2.95. The van der Waals surface area contributed by atoms with Crippen molar-refractivity contribution in [2.45, 2.75) is 40.0 Å². The lowest BCUT2D eigenvalue weighted by Crippen LogP contribution is -2.54. The molecule has 4 amide bonds. The van der Waals surface area contributed by atoms with Gasteiger partial charge >= 0.3 is 6.03 Å². The maximum absolute atomic E-state index is 13.3. The van der Waals surface area contributed by atoms with Crippen molar-refractivity contribution in [3.05, 3.63) is 87.4 Å². The second kappa shape index (κ2) is 13.5. The largest absolute Gasteiger partial charge is 0.490 e. The van der Waals surface area contributed by atoms with Crippen LogP contribution in [0, 0.1) is 6.92 Å². The van der Waals surface area contributed by atoms with Gasteiger partial charge in [-0.15, -0.1) is 0 Å². The standard InChI is InChI=1S/C32H33BrN2O6/c1-5-21(4)23-9-13-25(14-10-23)40-15-16-41-29-27(33)18-22(19-28(29)39-6-2)17-26-30(36)34-32(38)35(31(26)37)24-11-7-20(3)8-12-24/h7-14,17-19,21H,5-6,15-16H2,1-4H3,(H,34,36,38)/b26-17-/t21-/m0/s1. The van der Waals surface area contributed by atoms with Crippen molar-refractivity contribution in [1.29, 1.82) is 0 Å². The quantitative estimate of drug-likeness (QED) is 0.144. The zero-order valence-corrected chi connectivity index (χ0v) is 25.1. The minimum absolute atomic E-state index is 0.180. The summed E-state index contributed by atoms with van der Waals surface area (Å²) in [6, 6.07) is 17.6. The van der Waals surface area contributed by atoms with Gasteiger partial charge in [-0.25, -0.2) is 9.69 Å². The number of nitrogens with zero attached hydrogens (tertiary/aromatic N) is 1. The van der Waals surface area contributed by atoms with Crippen LogP contribution in [0.25, 0.3) is 6.08 Å². The Balaban J connectivity index is 1.49. The highest BCUT2D eigenvalue weighted by Gasteiger charge is 2.36. The van der Waals surface area contributed by atoms with Gasteiger partial charge in [-0.2, -0.15) is 0 Å². The number of carbonyl (C=O) groups excluding carboxylic acids is 3. The lowest BCUT2D eigenvalue weighted by Gasteiger charge is -2.26. The smallest absolute Gasteiger partial charge is 0.335 e. The van der Waals surface area contributed by atoms with Gasteiger partial charge in [0.15, 0.2) is 11.5 Å². The molecule has 0 aromatic heterocycles. The Labute approximate surface area is 248 Å². The highest BCUT2D eigenvalue weighted by molar-refractivity contribution is 9.10. The van der Waals surface area contributed by atoms with Crippen LogP contribution in [0.15, 0.2) is 70.7 Å². The summed E-state index contributed by atoms with van der Waals surface area (Å²) in [7, 11) is 0. The van der Waals surface area contributed by atoms with Gasteiger partial charge in [0.05, 0.1) is 16.8 Å². The predicted octanol–water partition coefficient (Wildman–Crippen LogP) is 6.79. The minimum Gasteiger partial charge on any atom is -0.490 e. The van der Waals surface area contributed by atoms with Crippen LogP contribution in [0.1, 0.15) is 49.8 Å². The zero-order valence-electron chi connectivity index (χ0n) is 23.5. The van der Waals surface area contributed by atoms with Crippen LogP contribution in [0.4, 0.5) is 10.5 Å². The van der Waals surface area contributed by atoms with Crippen molar-refractivity contribution in [3.8, 4) is 17.2 Å². The first-order valence-electron chi connectivity index (χ1n) is 13.5. The number of anilines is 1. The molecule has 0 spiro atoms. The van der Waals surface area contributed by atoms with Gasteiger partial charge in [0.25, 0.3) is 11.8 Å². The number of amides is 4. The molecule has 8 nitrogen and oxygen atoms in total. The average molecular weight is 622 g/mol. The third kappa shape index (κ3) is 7.16. The highest BCUT2D eigenvalue weighted by Crippen LogP contribution is 2.38. The number of benzene rings is 3. The van der Waals surface area contributed by atoms with Crippen LogP contribution < -0.4 is 24.4 Å². The Kier molecular flexibility index (Phi) is 9.83. The number of rotatable bonds is 11. The lowest BCUT2D eigenvalue weighted by molar-refractivity contribution is -0.122. The Morgan fingerprint density at radius 2 is 1.61 bits per heavy atom. The number of imide groups is 2. The molecule has 3 aromatic carbocycles. The summed E-state index contributed by atoms with van der Waals surface area (Å²) in [4.78, 5) is 39.3. The topological polar surface area (TPSA) is 94.2 Å². The number of halogens is 1. The first-order chi connectivity index (χ1) is 19.7. The van der Waals surface area contributed by atoms with E-state index in [2.05, 4.69) is 47.2 Å².